The smallest absolute Gasteiger partial charge is 0.422 e. The van der Waals surface area contributed by atoms with E-state index in [-0.39, 0.29) is 4.88 Å². The monoisotopic (exact) mass is 442 g/mol. The van der Waals surface area contributed by atoms with Gasteiger partial charge in [0.2, 0.25) is 0 Å². The molecule has 0 fully saturated rings. The van der Waals surface area contributed by atoms with Crippen molar-refractivity contribution in [3.63, 3.8) is 0 Å². The molecule has 0 aliphatic heterocycles. The average molecular weight is 442 g/mol. The van der Waals surface area contributed by atoms with Crippen molar-refractivity contribution in [2.45, 2.75) is 12.4 Å². The van der Waals surface area contributed by atoms with Crippen molar-refractivity contribution >= 4 is 23.2 Å². The second-order valence-electron chi connectivity index (χ2n) is 5.35. The lowest BCUT2D eigenvalue weighted by Crippen LogP contribution is -2.41. The van der Waals surface area contributed by atoms with Crippen LogP contribution in [-0.4, -0.2) is 37.4 Å². The SMILES string of the molecule is O=C(NNC(=O)c1cc(OCC(F)(F)F)ccc1OCC(F)(F)F)c1cccs1. The number of halogens is 6. The number of hydrazine groups is 1. The zero-order valence-corrected chi connectivity index (χ0v) is 15.0. The molecule has 0 radical (unpaired) electrons. The van der Waals surface area contributed by atoms with Crippen LogP contribution in [0.1, 0.15) is 20.0 Å². The highest BCUT2D eigenvalue weighted by molar-refractivity contribution is 7.12. The Kier molecular flexibility index (Phi) is 6.95. The molecule has 29 heavy (non-hydrogen) atoms. The fourth-order valence-corrected chi connectivity index (χ4v) is 2.50. The third-order valence-electron chi connectivity index (χ3n) is 3.02. The quantitative estimate of drug-likeness (QED) is 0.529. The number of rotatable bonds is 6. The second-order valence-corrected chi connectivity index (χ2v) is 6.30. The van der Waals surface area contributed by atoms with Gasteiger partial charge in [0.05, 0.1) is 10.4 Å². The van der Waals surface area contributed by atoms with E-state index in [1.807, 2.05) is 10.9 Å². The van der Waals surface area contributed by atoms with E-state index in [9.17, 15) is 35.9 Å². The molecule has 13 heteroatoms. The summed E-state index contributed by atoms with van der Waals surface area (Å²) in [6, 6.07) is 5.57. The van der Waals surface area contributed by atoms with Gasteiger partial charge in [0.15, 0.2) is 13.2 Å². The molecule has 0 aliphatic carbocycles. The summed E-state index contributed by atoms with van der Waals surface area (Å²) in [5, 5.41) is 1.60. The first-order chi connectivity index (χ1) is 13.4. The lowest BCUT2D eigenvalue weighted by molar-refractivity contribution is -0.154. The van der Waals surface area contributed by atoms with Crippen LogP contribution in [0.5, 0.6) is 11.5 Å². The van der Waals surface area contributed by atoms with E-state index in [1.165, 1.54) is 6.07 Å². The van der Waals surface area contributed by atoms with Gasteiger partial charge < -0.3 is 9.47 Å². The largest absolute Gasteiger partial charge is 0.484 e. The maximum Gasteiger partial charge on any atom is 0.422 e. The van der Waals surface area contributed by atoms with E-state index >= 15 is 0 Å². The maximum absolute atomic E-state index is 12.4. The lowest BCUT2D eigenvalue weighted by Gasteiger charge is -2.15. The number of ether oxygens (including phenoxy) is 2. The van der Waals surface area contributed by atoms with Crippen molar-refractivity contribution in [2.75, 3.05) is 13.2 Å². The van der Waals surface area contributed by atoms with Crippen LogP contribution >= 0.6 is 11.3 Å². The maximum atomic E-state index is 12.4. The van der Waals surface area contributed by atoms with Gasteiger partial charge in [-0.05, 0) is 29.6 Å². The number of carbonyl (C=O) groups excluding carboxylic acids is 2. The normalized spacial score (nSPS) is 11.7. The molecule has 0 saturated heterocycles. The number of hydrogen-bond donors (Lipinski definition) is 2. The van der Waals surface area contributed by atoms with Crippen molar-refractivity contribution in [3.8, 4) is 11.5 Å². The molecule has 0 saturated carbocycles. The van der Waals surface area contributed by atoms with Gasteiger partial charge in [-0.25, -0.2) is 0 Å². The summed E-state index contributed by atoms with van der Waals surface area (Å²) in [5.41, 5.74) is 3.42. The minimum Gasteiger partial charge on any atom is -0.484 e. The Morgan fingerprint density at radius 1 is 0.897 bits per heavy atom. The summed E-state index contributed by atoms with van der Waals surface area (Å²) < 4.78 is 83.0. The van der Waals surface area contributed by atoms with Gasteiger partial charge in [0.1, 0.15) is 11.5 Å². The van der Waals surface area contributed by atoms with E-state index in [0.29, 0.717) is 0 Å². The van der Waals surface area contributed by atoms with E-state index in [4.69, 9.17) is 0 Å². The Labute approximate surface area is 163 Å². The number of thiophene rings is 1. The summed E-state index contributed by atoms with van der Waals surface area (Å²) in [6.45, 7) is -3.41. The van der Waals surface area contributed by atoms with Gasteiger partial charge in [0, 0.05) is 0 Å². The minimum atomic E-state index is -4.72. The van der Waals surface area contributed by atoms with Gasteiger partial charge in [-0.1, -0.05) is 6.07 Å². The van der Waals surface area contributed by atoms with Crippen LogP contribution in [0.2, 0.25) is 0 Å². The first-order valence-electron chi connectivity index (χ1n) is 7.62. The third-order valence-corrected chi connectivity index (χ3v) is 3.89. The van der Waals surface area contributed by atoms with Crippen LogP contribution in [0.25, 0.3) is 0 Å². The zero-order valence-electron chi connectivity index (χ0n) is 14.2. The first-order valence-corrected chi connectivity index (χ1v) is 8.50. The van der Waals surface area contributed by atoms with Crippen molar-refractivity contribution in [2.24, 2.45) is 0 Å². The molecule has 1 aromatic heterocycles. The van der Waals surface area contributed by atoms with Crippen LogP contribution in [0, 0.1) is 0 Å². The molecule has 0 spiro atoms. The van der Waals surface area contributed by atoms with Gasteiger partial charge in [0.25, 0.3) is 11.8 Å². The number of carbonyl (C=O) groups is 2. The van der Waals surface area contributed by atoms with Crippen LogP contribution < -0.4 is 20.3 Å². The van der Waals surface area contributed by atoms with Crippen molar-refractivity contribution in [3.05, 3.63) is 46.2 Å². The number of hydrogen-bond acceptors (Lipinski definition) is 5. The number of nitrogens with one attached hydrogen (secondary N) is 2. The van der Waals surface area contributed by atoms with E-state index in [0.717, 1.165) is 29.5 Å². The van der Waals surface area contributed by atoms with Gasteiger partial charge >= 0.3 is 12.4 Å². The second kappa shape index (κ2) is 9.03. The lowest BCUT2D eigenvalue weighted by atomic mass is 10.2. The summed E-state index contributed by atoms with van der Waals surface area (Å²) >= 11 is 1.06. The molecule has 158 valence electrons. The third kappa shape index (κ3) is 7.52. The van der Waals surface area contributed by atoms with Gasteiger partial charge in [-0.2, -0.15) is 26.3 Å². The highest BCUT2D eigenvalue weighted by atomic mass is 32.1. The zero-order chi connectivity index (χ0) is 21.7. The Balaban J connectivity index is 2.16. The molecule has 1 aromatic carbocycles. The molecular weight excluding hydrogens is 430 g/mol. The van der Waals surface area contributed by atoms with E-state index < -0.39 is 54.4 Å². The van der Waals surface area contributed by atoms with E-state index in [2.05, 4.69) is 9.47 Å². The standard InChI is InChI=1S/C16H12F6N2O4S/c17-15(18,19)7-27-9-3-4-11(28-8-16(20,21)22)10(6-9)13(25)23-24-14(26)12-2-1-5-29-12/h1-6H,7-8H2,(H,23,25)(H,24,26). The molecule has 0 bridgehead atoms. The molecule has 2 rings (SSSR count). The fourth-order valence-electron chi connectivity index (χ4n) is 1.88. The number of benzene rings is 1. The van der Waals surface area contributed by atoms with E-state index in [1.54, 1.807) is 11.4 Å². The molecule has 1 heterocycles. The van der Waals surface area contributed by atoms with Crippen LogP contribution in [0.4, 0.5) is 26.3 Å². The minimum absolute atomic E-state index is 0.237. The molecule has 6 nitrogen and oxygen atoms in total. The summed E-state index contributed by atoms with van der Waals surface area (Å²) in [6.07, 6.45) is -9.38. The highest BCUT2D eigenvalue weighted by Crippen LogP contribution is 2.27. The molecule has 0 aliphatic rings. The first kappa shape index (κ1) is 22.3. The molecule has 2 amide bonds. The summed E-state index contributed by atoms with van der Waals surface area (Å²) in [5.74, 6) is -2.82. The Morgan fingerprint density at radius 2 is 1.52 bits per heavy atom. The van der Waals surface area contributed by atoms with Gasteiger partial charge in [-0.15, -0.1) is 11.3 Å². The molecule has 2 N–H and O–H groups in total. The topological polar surface area (TPSA) is 76.7 Å². The summed E-state index contributed by atoms with van der Waals surface area (Å²) in [7, 11) is 0. The molecular formula is C16H12F6N2O4S. The average Bonchev–Trinajstić information content (AvgIpc) is 3.16. The summed E-state index contributed by atoms with van der Waals surface area (Å²) in [4.78, 5) is 24.3. The Hall–Kier alpha value is -2.96. The van der Waals surface area contributed by atoms with Crippen molar-refractivity contribution in [1.82, 2.24) is 10.9 Å². The van der Waals surface area contributed by atoms with Crippen LogP contribution in [-0.2, 0) is 0 Å². The van der Waals surface area contributed by atoms with Crippen molar-refractivity contribution < 1.29 is 45.4 Å². The Bertz CT molecular complexity index is 852. The number of alkyl halides is 6. The van der Waals surface area contributed by atoms with Gasteiger partial charge in [-0.3, -0.25) is 20.4 Å². The fraction of sp³-hybridized carbons (Fsp3) is 0.250. The molecule has 2 aromatic rings. The molecule has 0 atom stereocenters. The number of amides is 2. The van der Waals surface area contributed by atoms with Crippen LogP contribution in [0.3, 0.4) is 0 Å². The van der Waals surface area contributed by atoms with Crippen molar-refractivity contribution in [1.29, 1.82) is 0 Å². The molecule has 0 unspecified atom stereocenters. The van der Waals surface area contributed by atoms with Crippen LogP contribution in [0.15, 0.2) is 35.7 Å². The predicted molar refractivity (Wildman–Crippen MR) is 88.8 cm³/mol. The predicted octanol–water partition coefficient (Wildman–Crippen LogP) is 3.71. The Morgan fingerprint density at radius 3 is 2.10 bits per heavy atom. The highest BCUT2D eigenvalue weighted by Gasteiger charge is 2.30.